The van der Waals surface area contributed by atoms with Crippen molar-refractivity contribution in [2.24, 2.45) is 4.99 Å². The van der Waals surface area contributed by atoms with Crippen LogP contribution < -0.4 is 15.5 Å². The van der Waals surface area contributed by atoms with Crippen LogP contribution in [0.25, 0.3) is 0 Å². The standard InChI is InChI=1S/C21H29N5OS.HI/c1-3-22-21(23-12-4-6-19-25-16(2)15-28-19)24-14-17-8-10-18(11-9-17)26-13-5-7-20(26)27;/h8-11,15H,3-7,12-14H2,1-2H3,(H2,22,23,24);1H. The van der Waals surface area contributed by atoms with Crippen LogP contribution in [0.1, 0.15) is 42.5 Å². The van der Waals surface area contributed by atoms with Crippen molar-refractivity contribution >= 4 is 52.9 Å². The number of carbonyl (C=O) groups is 1. The minimum atomic E-state index is 0. The van der Waals surface area contributed by atoms with Gasteiger partial charge in [-0.3, -0.25) is 4.79 Å². The Labute approximate surface area is 194 Å². The van der Waals surface area contributed by atoms with Crippen molar-refractivity contribution in [1.29, 1.82) is 0 Å². The zero-order valence-corrected chi connectivity index (χ0v) is 20.3. The average molecular weight is 527 g/mol. The summed E-state index contributed by atoms with van der Waals surface area (Å²) in [6, 6.07) is 8.15. The van der Waals surface area contributed by atoms with Gasteiger partial charge in [-0.2, -0.15) is 0 Å². The highest BCUT2D eigenvalue weighted by molar-refractivity contribution is 14.0. The number of nitrogens with one attached hydrogen (secondary N) is 2. The number of benzene rings is 1. The first-order chi connectivity index (χ1) is 13.7. The van der Waals surface area contributed by atoms with Crippen molar-refractivity contribution in [3.05, 3.63) is 45.9 Å². The topological polar surface area (TPSA) is 69.6 Å². The lowest BCUT2D eigenvalue weighted by molar-refractivity contribution is -0.117. The van der Waals surface area contributed by atoms with E-state index in [0.29, 0.717) is 13.0 Å². The van der Waals surface area contributed by atoms with Gasteiger partial charge in [0.05, 0.1) is 11.6 Å². The van der Waals surface area contributed by atoms with E-state index in [9.17, 15) is 4.79 Å². The zero-order valence-electron chi connectivity index (χ0n) is 17.1. The van der Waals surface area contributed by atoms with Gasteiger partial charge in [-0.1, -0.05) is 12.1 Å². The second-order valence-corrected chi connectivity index (χ2v) is 7.87. The van der Waals surface area contributed by atoms with Gasteiger partial charge in [0.1, 0.15) is 0 Å². The second-order valence-electron chi connectivity index (χ2n) is 6.92. The van der Waals surface area contributed by atoms with E-state index in [0.717, 1.165) is 61.8 Å². The molecule has 2 heterocycles. The van der Waals surface area contributed by atoms with Gasteiger partial charge in [-0.25, -0.2) is 9.98 Å². The summed E-state index contributed by atoms with van der Waals surface area (Å²) in [6.07, 6.45) is 3.62. The van der Waals surface area contributed by atoms with Gasteiger partial charge in [0.2, 0.25) is 5.91 Å². The Morgan fingerprint density at radius 2 is 2.07 bits per heavy atom. The molecule has 1 amide bonds. The van der Waals surface area contributed by atoms with E-state index in [1.807, 2.05) is 24.0 Å². The molecule has 0 spiro atoms. The Balaban J connectivity index is 0.00000300. The molecular weight excluding hydrogens is 497 g/mol. The first-order valence-corrected chi connectivity index (χ1v) is 10.9. The Kier molecular flexibility index (Phi) is 9.86. The summed E-state index contributed by atoms with van der Waals surface area (Å²) in [7, 11) is 0. The number of amides is 1. The maximum Gasteiger partial charge on any atom is 0.227 e. The first kappa shape index (κ1) is 23.6. The van der Waals surface area contributed by atoms with E-state index in [1.165, 1.54) is 5.01 Å². The van der Waals surface area contributed by atoms with Crippen molar-refractivity contribution in [3.63, 3.8) is 0 Å². The normalized spacial score (nSPS) is 14.1. The van der Waals surface area contributed by atoms with E-state index in [2.05, 4.69) is 45.0 Å². The maximum atomic E-state index is 11.8. The van der Waals surface area contributed by atoms with E-state index in [1.54, 1.807) is 11.3 Å². The molecule has 1 aliphatic rings. The van der Waals surface area contributed by atoms with Crippen molar-refractivity contribution in [3.8, 4) is 0 Å². The maximum absolute atomic E-state index is 11.8. The monoisotopic (exact) mass is 527 g/mol. The van der Waals surface area contributed by atoms with Gasteiger partial charge < -0.3 is 15.5 Å². The Hall–Kier alpha value is -1.68. The molecule has 1 fully saturated rings. The number of halogens is 1. The number of aryl methyl sites for hydroxylation is 2. The van der Waals surface area contributed by atoms with E-state index >= 15 is 0 Å². The lowest BCUT2D eigenvalue weighted by Gasteiger charge is -2.16. The SMILES string of the molecule is CCNC(=NCc1ccc(N2CCCC2=O)cc1)NCCCc1nc(C)cs1.I. The number of guanidine groups is 1. The molecular formula is C21H30IN5OS. The largest absolute Gasteiger partial charge is 0.357 e. The fraction of sp³-hybridized carbons (Fsp3) is 0.476. The number of hydrogen-bond acceptors (Lipinski definition) is 4. The number of thiazole rings is 1. The van der Waals surface area contributed by atoms with Crippen molar-refractivity contribution in [1.82, 2.24) is 15.6 Å². The second kappa shape index (κ2) is 12.1. The molecule has 0 bridgehead atoms. The summed E-state index contributed by atoms with van der Waals surface area (Å²) in [4.78, 5) is 22.9. The van der Waals surface area contributed by atoms with Crippen molar-refractivity contribution in [2.75, 3.05) is 24.5 Å². The molecule has 158 valence electrons. The minimum absolute atomic E-state index is 0. The van der Waals surface area contributed by atoms with Crippen LogP contribution in [0, 0.1) is 6.92 Å². The van der Waals surface area contributed by atoms with Crippen LogP contribution in [0.3, 0.4) is 0 Å². The van der Waals surface area contributed by atoms with E-state index < -0.39 is 0 Å². The molecule has 1 aromatic carbocycles. The van der Waals surface area contributed by atoms with Crippen LogP contribution in [0.2, 0.25) is 0 Å². The number of carbonyl (C=O) groups excluding carboxylic acids is 1. The Morgan fingerprint density at radius 1 is 1.28 bits per heavy atom. The summed E-state index contributed by atoms with van der Waals surface area (Å²) in [5.41, 5.74) is 3.21. The summed E-state index contributed by atoms with van der Waals surface area (Å²) in [6.45, 7) is 7.22. The summed E-state index contributed by atoms with van der Waals surface area (Å²) < 4.78 is 0. The van der Waals surface area contributed by atoms with Gasteiger partial charge >= 0.3 is 0 Å². The van der Waals surface area contributed by atoms with Gasteiger partial charge in [-0.05, 0) is 44.4 Å². The number of aliphatic imine (C=N–C) groups is 1. The number of nitrogens with zero attached hydrogens (tertiary/aromatic N) is 3. The van der Waals surface area contributed by atoms with Crippen LogP contribution in [0.4, 0.5) is 5.69 Å². The highest BCUT2D eigenvalue weighted by atomic mass is 127. The highest BCUT2D eigenvalue weighted by Crippen LogP contribution is 2.21. The molecule has 8 heteroatoms. The van der Waals surface area contributed by atoms with Crippen molar-refractivity contribution < 1.29 is 4.79 Å². The molecule has 1 aliphatic heterocycles. The molecule has 2 aromatic rings. The van der Waals surface area contributed by atoms with E-state index in [-0.39, 0.29) is 29.9 Å². The average Bonchev–Trinajstić information content (AvgIpc) is 3.31. The number of hydrogen-bond donors (Lipinski definition) is 2. The van der Waals surface area contributed by atoms with E-state index in [4.69, 9.17) is 0 Å². The number of aromatic nitrogens is 1. The molecule has 0 saturated carbocycles. The molecule has 6 nitrogen and oxygen atoms in total. The minimum Gasteiger partial charge on any atom is -0.357 e. The zero-order chi connectivity index (χ0) is 19.8. The highest BCUT2D eigenvalue weighted by Gasteiger charge is 2.21. The third-order valence-corrected chi connectivity index (χ3v) is 5.64. The summed E-state index contributed by atoms with van der Waals surface area (Å²) in [5.74, 6) is 1.05. The fourth-order valence-electron chi connectivity index (χ4n) is 3.18. The van der Waals surface area contributed by atoms with Crippen LogP contribution in [0.5, 0.6) is 0 Å². The summed E-state index contributed by atoms with van der Waals surface area (Å²) >= 11 is 1.73. The molecule has 2 N–H and O–H groups in total. The van der Waals surface area contributed by atoms with Gasteiger partial charge in [0, 0.05) is 49.2 Å². The van der Waals surface area contributed by atoms with Crippen molar-refractivity contribution in [2.45, 2.75) is 46.1 Å². The Bertz CT molecular complexity index is 806. The predicted molar refractivity (Wildman–Crippen MR) is 131 cm³/mol. The van der Waals surface area contributed by atoms with Gasteiger partial charge in [0.25, 0.3) is 0 Å². The lowest BCUT2D eigenvalue weighted by atomic mass is 10.2. The van der Waals surface area contributed by atoms with Gasteiger partial charge in [-0.15, -0.1) is 35.3 Å². The molecule has 0 unspecified atom stereocenters. The molecule has 0 aliphatic carbocycles. The smallest absolute Gasteiger partial charge is 0.227 e. The number of rotatable bonds is 8. The number of anilines is 1. The third kappa shape index (κ3) is 7.26. The molecule has 0 atom stereocenters. The van der Waals surface area contributed by atoms with Crippen LogP contribution in [-0.4, -0.2) is 36.5 Å². The quantitative estimate of drug-likeness (QED) is 0.237. The molecule has 0 radical (unpaired) electrons. The van der Waals surface area contributed by atoms with Gasteiger partial charge in [0.15, 0.2) is 5.96 Å². The molecule has 29 heavy (non-hydrogen) atoms. The molecule has 1 saturated heterocycles. The molecule has 1 aromatic heterocycles. The summed E-state index contributed by atoms with van der Waals surface area (Å²) in [5, 5.41) is 9.97. The first-order valence-electron chi connectivity index (χ1n) is 9.98. The van der Waals surface area contributed by atoms with Crippen LogP contribution in [0.15, 0.2) is 34.6 Å². The van der Waals surface area contributed by atoms with Crippen LogP contribution >= 0.6 is 35.3 Å². The van der Waals surface area contributed by atoms with Crippen LogP contribution in [-0.2, 0) is 17.8 Å². The fourth-order valence-corrected chi connectivity index (χ4v) is 4.00. The lowest BCUT2D eigenvalue weighted by Crippen LogP contribution is -2.37. The predicted octanol–water partition coefficient (Wildman–Crippen LogP) is 3.88. The Morgan fingerprint density at radius 3 is 2.69 bits per heavy atom. The third-order valence-electron chi connectivity index (χ3n) is 4.61. The molecule has 3 rings (SSSR count).